The molecule has 4 aromatic carbocycles. The molecule has 130 valence electrons. The maximum Gasteiger partial charge on any atom is 0.0491 e. The van der Waals surface area contributed by atoms with Gasteiger partial charge in [0.15, 0.2) is 0 Å². The highest BCUT2D eigenvalue weighted by Crippen LogP contribution is 2.33. The number of hydrogen-bond acceptors (Lipinski definition) is 0. The second-order valence-corrected chi connectivity index (χ2v) is 6.94. The molecule has 1 aromatic heterocycles. The minimum absolute atomic E-state index is 0.981. The highest BCUT2D eigenvalue weighted by atomic mass is 15.0. The summed E-state index contributed by atoms with van der Waals surface area (Å²) in [5.74, 6) is 0. The van der Waals surface area contributed by atoms with E-state index >= 15 is 0 Å². The van der Waals surface area contributed by atoms with Crippen molar-refractivity contribution >= 4 is 21.8 Å². The van der Waals surface area contributed by atoms with Crippen LogP contribution in [0.2, 0.25) is 0 Å². The third kappa shape index (κ3) is 2.63. The summed E-state index contributed by atoms with van der Waals surface area (Å²) in [5.41, 5.74) is 7.65. The fourth-order valence-electron chi connectivity index (χ4n) is 4.06. The molecular formula is C26H21N. The zero-order valence-corrected chi connectivity index (χ0v) is 15.4. The molecule has 1 nitrogen and oxygen atoms in total. The molecule has 5 rings (SSSR count). The van der Waals surface area contributed by atoms with Gasteiger partial charge in [0.1, 0.15) is 0 Å². The molecule has 0 saturated heterocycles. The van der Waals surface area contributed by atoms with E-state index in [2.05, 4.69) is 109 Å². The molecule has 0 N–H and O–H groups in total. The molecule has 0 bridgehead atoms. The number of benzene rings is 4. The van der Waals surface area contributed by atoms with Crippen molar-refractivity contribution in [2.24, 2.45) is 0 Å². The summed E-state index contributed by atoms with van der Waals surface area (Å²) in [7, 11) is 0. The summed E-state index contributed by atoms with van der Waals surface area (Å²) in [6, 6.07) is 34.9. The van der Waals surface area contributed by atoms with Gasteiger partial charge in [-0.3, -0.25) is 0 Å². The lowest BCUT2D eigenvalue weighted by atomic mass is 9.99. The monoisotopic (exact) mass is 347 g/mol. The average molecular weight is 347 g/mol. The van der Waals surface area contributed by atoms with Crippen molar-refractivity contribution in [3.63, 3.8) is 0 Å². The van der Waals surface area contributed by atoms with Gasteiger partial charge in [-0.25, -0.2) is 0 Å². The van der Waals surface area contributed by atoms with Crippen molar-refractivity contribution in [3.8, 4) is 22.3 Å². The number of aryl methyl sites for hydroxylation is 1. The summed E-state index contributed by atoms with van der Waals surface area (Å²) < 4.78 is 2.40. The Kier molecular flexibility index (Phi) is 3.79. The van der Waals surface area contributed by atoms with Crippen LogP contribution in [0.4, 0.5) is 0 Å². The Balaban J connectivity index is 1.62. The largest absolute Gasteiger partial charge is 0.341 e. The number of nitrogens with zero attached hydrogens (tertiary/aromatic N) is 1. The molecule has 27 heavy (non-hydrogen) atoms. The first-order valence-corrected chi connectivity index (χ1v) is 9.52. The molecule has 0 aliphatic rings. The molecule has 1 heterocycles. The maximum atomic E-state index is 2.40. The summed E-state index contributed by atoms with van der Waals surface area (Å²) in [6.45, 7) is 3.19. The van der Waals surface area contributed by atoms with Crippen molar-refractivity contribution < 1.29 is 0 Å². The van der Waals surface area contributed by atoms with Gasteiger partial charge in [0.05, 0.1) is 0 Å². The number of hydrogen-bond donors (Lipinski definition) is 0. The molecule has 0 aliphatic carbocycles. The van der Waals surface area contributed by atoms with E-state index in [1.807, 2.05) is 0 Å². The van der Waals surface area contributed by atoms with Gasteiger partial charge in [0, 0.05) is 28.4 Å². The van der Waals surface area contributed by atoms with Crippen LogP contribution < -0.4 is 0 Å². The SMILES string of the molecule is CCn1c2ccccc2c2cc(-c3ccc(-c4ccccc4)cc3)ccc21. The Morgan fingerprint density at radius 3 is 1.81 bits per heavy atom. The molecule has 0 atom stereocenters. The van der Waals surface area contributed by atoms with E-state index in [0.717, 1.165) is 6.54 Å². The smallest absolute Gasteiger partial charge is 0.0491 e. The number of para-hydroxylation sites is 1. The Morgan fingerprint density at radius 2 is 1.07 bits per heavy atom. The zero-order valence-electron chi connectivity index (χ0n) is 15.4. The van der Waals surface area contributed by atoms with Gasteiger partial charge in [0.2, 0.25) is 0 Å². The summed E-state index contributed by atoms with van der Waals surface area (Å²) in [5, 5.41) is 2.66. The van der Waals surface area contributed by atoms with Crippen LogP contribution in [0.25, 0.3) is 44.1 Å². The summed E-state index contributed by atoms with van der Waals surface area (Å²) in [6.07, 6.45) is 0. The molecule has 5 aromatic rings. The highest BCUT2D eigenvalue weighted by Gasteiger charge is 2.10. The van der Waals surface area contributed by atoms with Crippen LogP contribution >= 0.6 is 0 Å². The van der Waals surface area contributed by atoms with E-state index in [-0.39, 0.29) is 0 Å². The first kappa shape index (κ1) is 15.9. The third-order valence-electron chi connectivity index (χ3n) is 5.41. The van der Waals surface area contributed by atoms with E-state index in [0.29, 0.717) is 0 Å². The lowest BCUT2D eigenvalue weighted by Crippen LogP contribution is -1.92. The fourth-order valence-corrected chi connectivity index (χ4v) is 4.06. The van der Waals surface area contributed by atoms with Crippen LogP contribution in [0.15, 0.2) is 97.1 Å². The predicted molar refractivity (Wildman–Crippen MR) is 116 cm³/mol. The fraction of sp³-hybridized carbons (Fsp3) is 0.0769. The highest BCUT2D eigenvalue weighted by molar-refractivity contribution is 6.09. The molecule has 0 aliphatic heterocycles. The molecular weight excluding hydrogens is 326 g/mol. The normalized spacial score (nSPS) is 11.3. The first-order chi connectivity index (χ1) is 13.3. The Morgan fingerprint density at radius 1 is 0.519 bits per heavy atom. The molecule has 1 heteroatoms. The van der Waals surface area contributed by atoms with Gasteiger partial charge >= 0.3 is 0 Å². The number of aromatic nitrogens is 1. The summed E-state index contributed by atoms with van der Waals surface area (Å²) in [4.78, 5) is 0. The predicted octanol–water partition coefficient (Wildman–Crippen LogP) is 7.15. The molecule has 0 saturated carbocycles. The van der Waals surface area contributed by atoms with Gasteiger partial charge < -0.3 is 4.57 Å². The van der Waals surface area contributed by atoms with E-state index in [1.165, 1.54) is 44.1 Å². The standard InChI is InChI=1S/C26H21N/c1-2-27-25-11-7-6-10-23(25)24-18-22(16-17-26(24)27)21-14-12-20(13-15-21)19-8-4-3-5-9-19/h3-18H,2H2,1H3. The lowest BCUT2D eigenvalue weighted by molar-refractivity contribution is 0.827. The van der Waals surface area contributed by atoms with Crippen LogP contribution in [0.5, 0.6) is 0 Å². The van der Waals surface area contributed by atoms with Crippen molar-refractivity contribution in [2.45, 2.75) is 13.5 Å². The molecule has 0 amide bonds. The van der Waals surface area contributed by atoms with Gasteiger partial charge in [0.25, 0.3) is 0 Å². The zero-order chi connectivity index (χ0) is 18.2. The van der Waals surface area contributed by atoms with E-state index in [4.69, 9.17) is 0 Å². The Hall–Kier alpha value is -3.32. The van der Waals surface area contributed by atoms with Crippen LogP contribution in [0.3, 0.4) is 0 Å². The summed E-state index contributed by atoms with van der Waals surface area (Å²) >= 11 is 0. The van der Waals surface area contributed by atoms with Crippen molar-refractivity contribution in [3.05, 3.63) is 97.1 Å². The number of fused-ring (bicyclic) bond motifs is 3. The molecule has 0 radical (unpaired) electrons. The number of rotatable bonds is 3. The second-order valence-electron chi connectivity index (χ2n) is 6.94. The maximum absolute atomic E-state index is 2.40. The van der Waals surface area contributed by atoms with Gasteiger partial charge in [-0.1, -0.05) is 78.9 Å². The van der Waals surface area contributed by atoms with E-state index < -0.39 is 0 Å². The van der Waals surface area contributed by atoms with Crippen molar-refractivity contribution in [1.29, 1.82) is 0 Å². The van der Waals surface area contributed by atoms with Crippen LogP contribution in [0, 0.1) is 0 Å². The Bertz CT molecular complexity index is 1230. The minimum Gasteiger partial charge on any atom is -0.341 e. The minimum atomic E-state index is 0.981. The van der Waals surface area contributed by atoms with Gasteiger partial charge in [-0.15, -0.1) is 0 Å². The molecule has 0 fully saturated rings. The van der Waals surface area contributed by atoms with Crippen LogP contribution in [0.1, 0.15) is 6.92 Å². The van der Waals surface area contributed by atoms with Gasteiger partial charge in [-0.2, -0.15) is 0 Å². The second kappa shape index (κ2) is 6.44. The molecule has 0 unspecified atom stereocenters. The first-order valence-electron chi connectivity index (χ1n) is 9.52. The van der Waals surface area contributed by atoms with Crippen molar-refractivity contribution in [1.82, 2.24) is 4.57 Å². The molecule has 0 spiro atoms. The van der Waals surface area contributed by atoms with E-state index in [9.17, 15) is 0 Å². The lowest BCUT2D eigenvalue weighted by Gasteiger charge is -2.07. The average Bonchev–Trinajstić information content (AvgIpc) is 3.07. The van der Waals surface area contributed by atoms with Crippen LogP contribution in [-0.4, -0.2) is 4.57 Å². The van der Waals surface area contributed by atoms with Crippen LogP contribution in [-0.2, 0) is 6.54 Å². The van der Waals surface area contributed by atoms with Gasteiger partial charge in [-0.05, 0) is 47.4 Å². The van der Waals surface area contributed by atoms with E-state index in [1.54, 1.807) is 0 Å². The third-order valence-corrected chi connectivity index (χ3v) is 5.41. The topological polar surface area (TPSA) is 4.93 Å². The Labute approximate surface area is 159 Å². The van der Waals surface area contributed by atoms with Crippen molar-refractivity contribution in [2.75, 3.05) is 0 Å². The quantitative estimate of drug-likeness (QED) is 0.326.